The predicted octanol–water partition coefficient (Wildman–Crippen LogP) is 5.51. The van der Waals surface area contributed by atoms with E-state index >= 15 is 0 Å². The van der Waals surface area contributed by atoms with Gasteiger partial charge in [0.2, 0.25) is 0 Å². The summed E-state index contributed by atoms with van der Waals surface area (Å²) in [5, 5.41) is 11.5. The van der Waals surface area contributed by atoms with Gasteiger partial charge in [0.25, 0.3) is 0 Å². The van der Waals surface area contributed by atoms with Crippen LogP contribution in [0.25, 0.3) is 11.3 Å². The fourth-order valence-corrected chi connectivity index (χ4v) is 4.69. The smallest absolute Gasteiger partial charge is 0.368 e. The summed E-state index contributed by atoms with van der Waals surface area (Å²) >= 11 is 0. The maximum Gasteiger partial charge on any atom is 0.417 e. The Hall–Kier alpha value is -2.22. The summed E-state index contributed by atoms with van der Waals surface area (Å²) < 4.78 is 39.7. The van der Waals surface area contributed by atoms with Gasteiger partial charge >= 0.3 is 6.18 Å². The molecule has 0 bridgehead atoms. The van der Waals surface area contributed by atoms with Gasteiger partial charge in [-0.05, 0) is 80.3 Å². The van der Waals surface area contributed by atoms with E-state index in [1.165, 1.54) is 51.5 Å². The van der Waals surface area contributed by atoms with Gasteiger partial charge < -0.3 is 10.2 Å². The van der Waals surface area contributed by atoms with Gasteiger partial charge in [0.15, 0.2) is 0 Å². The highest BCUT2D eigenvalue weighted by atomic mass is 19.4. The topological polar surface area (TPSA) is 53.9 Å². The highest BCUT2D eigenvalue weighted by Gasteiger charge is 2.54. The number of alkyl halides is 3. The molecule has 1 spiro atoms. The van der Waals surface area contributed by atoms with Crippen LogP contribution < -0.4 is 5.32 Å². The fourth-order valence-electron chi connectivity index (χ4n) is 4.69. The van der Waals surface area contributed by atoms with Crippen LogP contribution in [0.3, 0.4) is 0 Å². The molecule has 1 aliphatic heterocycles. The van der Waals surface area contributed by atoms with Crippen LogP contribution in [0, 0.1) is 16.7 Å². The van der Waals surface area contributed by atoms with Crippen molar-refractivity contribution in [3.63, 3.8) is 0 Å². The third-order valence-electron chi connectivity index (χ3n) is 6.99. The molecule has 1 N–H and O–H groups in total. The molecule has 32 heavy (non-hydrogen) atoms. The second-order valence-electron chi connectivity index (χ2n) is 10.5. The summed E-state index contributed by atoms with van der Waals surface area (Å²) in [5.74, 6) is 1.22. The molecule has 3 heterocycles. The van der Waals surface area contributed by atoms with Crippen molar-refractivity contribution < 1.29 is 13.2 Å². The lowest BCUT2D eigenvalue weighted by atomic mass is 9.88. The minimum absolute atomic E-state index is 0.0570. The van der Waals surface area contributed by atoms with E-state index in [0.29, 0.717) is 22.6 Å². The van der Waals surface area contributed by atoms with Gasteiger partial charge in [-0.2, -0.15) is 13.2 Å². The third kappa shape index (κ3) is 5.39. The molecule has 2 aromatic heterocycles. The van der Waals surface area contributed by atoms with E-state index in [9.17, 15) is 13.2 Å². The Balaban J connectivity index is 1.28. The highest BCUT2D eigenvalue weighted by Crippen LogP contribution is 2.59. The van der Waals surface area contributed by atoms with Crippen LogP contribution in [-0.4, -0.2) is 46.3 Å². The lowest BCUT2D eigenvalue weighted by Gasteiger charge is -2.34. The molecule has 1 saturated carbocycles. The van der Waals surface area contributed by atoms with E-state index < -0.39 is 11.7 Å². The lowest BCUT2D eigenvalue weighted by Crippen LogP contribution is -2.37. The standard InChI is InChI=1S/C24H32F3N5/c1-22(2,3)7-11-32-12-8-23(9-13-32)14-17(23)15-29-21-5-4-20(30-31-21)18-16-28-10-6-19(18)24(25,26)27/h4-6,10,16-17H,7-9,11-15H2,1-3H3,(H,29,31). The number of rotatable bonds is 6. The normalized spacial score (nSPS) is 21.0. The first-order valence-electron chi connectivity index (χ1n) is 11.4. The predicted molar refractivity (Wildman–Crippen MR) is 119 cm³/mol. The van der Waals surface area contributed by atoms with Crippen molar-refractivity contribution in [1.29, 1.82) is 0 Å². The summed E-state index contributed by atoms with van der Waals surface area (Å²) in [6.45, 7) is 11.2. The van der Waals surface area contributed by atoms with E-state index in [4.69, 9.17) is 0 Å². The molecule has 0 radical (unpaired) electrons. The molecule has 5 nitrogen and oxygen atoms in total. The summed E-state index contributed by atoms with van der Waals surface area (Å²) in [6.07, 6.45) is 2.81. The molecule has 0 aromatic carbocycles. The van der Waals surface area contributed by atoms with Gasteiger partial charge in [-0.1, -0.05) is 20.8 Å². The van der Waals surface area contributed by atoms with E-state index in [1.807, 2.05) is 0 Å². The summed E-state index contributed by atoms with van der Waals surface area (Å²) in [4.78, 5) is 6.41. The van der Waals surface area contributed by atoms with E-state index in [0.717, 1.165) is 18.8 Å². The largest absolute Gasteiger partial charge is 0.417 e. The Labute approximate surface area is 187 Å². The number of aromatic nitrogens is 3. The SMILES string of the molecule is CC(C)(C)CCN1CCC2(CC1)CC2CNc1ccc(-c2cnccc2C(F)(F)F)nn1. The lowest BCUT2D eigenvalue weighted by molar-refractivity contribution is -0.137. The molecule has 1 aliphatic carbocycles. The first-order chi connectivity index (χ1) is 15.1. The van der Waals surface area contributed by atoms with Crippen LogP contribution in [-0.2, 0) is 6.18 Å². The Morgan fingerprint density at radius 1 is 1.09 bits per heavy atom. The molecular formula is C24H32F3N5. The quantitative estimate of drug-likeness (QED) is 0.633. The second-order valence-corrected chi connectivity index (χ2v) is 10.5. The minimum atomic E-state index is -4.46. The van der Waals surface area contributed by atoms with Crippen LogP contribution >= 0.6 is 0 Å². The molecular weight excluding hydrogens is 415 g/mol. The molecule has 0 amide bonds. The highest BCUT2D eigenvalue weighted by molar-refractivity contribution is 5.63. The van der Waals surface area contributed by atoms with Crippen LogP contribution in [0.2, 0.25) is 0 Å². The van der Waals surface area contributed by atoms with E-state index in [1.54, 1.807) is 12.1 Å². The van der Waals surface area contributed by atoms with Gasteiger partial charge in [0.1, 0.15) is 5.82 Å². The van der Waals surface area contributed by atoms with Crippen molar-refractivity contribution in [2.75, 3.05) is 31.5 Å². The molecule has 174 valence electrons. The van der Waals surface area contributed by atoms with Crippen LogP contribution in [0.1, 0.15) is 52.0 Å². The Bertz CT molecular complexity index is 912. The van der Waals surface area contributed by atoms with Gasteiger partial charge in [0.05, 0.1) is 11.3 Å². The maximum atomic E-state index is 13.2. The Morgan fingerprint density at radius 3 is 2.47 bits per heavy atom. The molecule has 2 aliphatic rings. The summed E-state index contributed by atoms with van der Waals surface area (Å²) in [6, 6.07) is 4.22. The van der Waals surface area contributed by atoms with Gasteiger partial charge in [0, 0.05) is 24.5 Å². The fraction of sp³-hybridized carbons (Fsp3) is 0.625. The van der Waals surface area contributed by atoms with E-state index in [-0.39, 0.29) is 11.3 Å². The molecule has 1 unspecified atom stereocenters. The van der Waals surface area contributed by atoms with Crippen molar-refractivity contribution in [2.24, 2.45) is 16.7 Å². The van der Waals surface area contributed by atoms with Crippen LogP contribution in [0.15, 0.2) is 30.6 Å². The van der Waals surface area contributed by atoms with Crippen molar-refractivity contribution in [3.8, 4) is 11.3 Å². The van der Waals surface area contributed by atoms with Crippen molar-refractivity contribution in [2.45, 2.75) is 52.6 Å². The Kier molecular flexibility index (Phi) is 6.18. The molecule has 4 rings (SSSR count). The minimum Gasteiger partial charge on any atom is -0.368 e. The number of likely N-dealkylation sites (tertiary alicyclic amines) is 1. The summed E-state index contributed by atoms with van der Waals surface area (Å²) in [7, 11) is 0. The van der Waals surface area contributed by atoms with Crippen LogP contribution in [0.5, 0.6) is 0 Å². The number of pyridine rings is 1. The monoisotopic (exact) mass is 447 g/mol. The van der Waals surface area contributed by atoms with Crippen molar-refractivity contribution in [1.82, 2.24) is 20.1 Å². The third-order valence-corrected chi connectivity index (χ3v) is 6.99. The van der Waals surface area contributed by atoms with Crippen LogP contribution in [0.4, 0.5) is 19.0 Å². The molecule has 2 fully saturated rings. The Morgan fingerprint density at radius 2 is 1.84 bits per heavy atom. The molecule has 1 atom stereocenters. The summed E-state index contributed by atoms with van der Waals surface area (Å²) in [5.41, 5.74) is 0.190. The molecule has 1 saturated heterocycles. The number of nitrogens with one attached hydrogen (secondary N) is 1. The number of nitrogens with zero attached hydrogens (tertiary/aromatic N) is 4. The first kappa shape index (κ1) is 23.0. The molecule has 2 aromatic rings. The zero-order chi connectivity index (χ0) is 23.0. The average molecular weight is 448 g/mol. The van der Waals surface area contributed by atoms with Gasteiger partial charge in [-0.25, -0.2) is 0 Å². The van der Waals surface area contributed by atoms with E-state index in [2.05, 4.69) is 46.2 Å². The maximum absolute atomic E-state index is 13.2. The number of halogens is 3. The number of hydrogen-bond acceptors (Lipinski definition) is 5. The zero-order valence-electron chi connectivity index (χ0n) is 19.0. The van der Waals surface area contributed by atoms with Crippen molar-refractivity contribution in [3.05, 3.63) is 36.2 Å². The number of piperidine rings is 1. The second kappa shape index (κ2) is 8.61. The number of anilines is 1. The molecule has 8 heteroatoms. The average Bonchev–Trinajstić information content (AvgIpc) is 3.43. The van der Waals surface area contributed by atoms with Crippen molar-refractivity contribution >= 4 is 5.82 Å². The first-order valence-corrected chi connectivity index (χ1v) is 11.4. The number of hydrogen-bond donors (Lipinski definition) is 1. The zero-order valence-corrected chi connectivity index (χ0v) is 19.0. The van der Waals surface area contributed by atoms with Gasteiger partial charge in [-0.3, -0.25) is 4.98 Å². The van der Waals surface area contributed by atoms with Gasteiger partial charge in [-0.15, -0.1) is 10.2 Å².